The quantitative estimate of drug-likeness (QED) is 0.605. The lowest BCUT2D eigenvalue weighted by molar-refractivity contribution is 0.0910. The first-order chi connectivity index (χ1) is 16.1. The van der Waals surface area contributed by atoms with Gasteiger partial charge in [0, 0.05) is 29.9 Å². The average Bonchev–Trinajstić information content (AvgIpc) is 2.79. The summed E-state index contributed by atoms with van der Waals surface area (Å²) in [7, 11) is 2.97. The van der Waals surface area contributed by atoms with Crippen molar-refractivity contribution in [2.24, 2.45) is 5.41 Å². The Hall–Kier alpha value is -3.94. The predicted octanol–water partition coefficient (Wildman–Crippen LogP) is 4.40. The minimum atomic E-state index is -0.660. The number of ketones is 1. The first kappa shape index (κ1) is 23.2. The number of amides is 1. The van der Waals surface area contributed by atoms with E-state index >= 15 is 0 Å². The van der Waals surface area contributed by atoms with Crippen LogP contribution < -0.4 is 20.3 Å². The zero-order valence-corrected chi connectivity index (χ0v) is 19.4. The molecule has 0 atom stereocenters. The Kier molecular flexibility index (Phi) is 6.00. The Labute approximate surface area is 196 Å². The second kappa shape index (κ2) is 8.78. The number of carbonyl (C=O) groups is 2. The summed E-state index contributed by atoms with van der Waals surface area (Å²) in [6, 6.07) is 10.2. The van der Waals surface area contributed by atoms with Crippen molar-refractivity contribution in [2.45, 2.75) is 26.7 Å². The number of nitrogens with zero attached hydrogens (tertiary/aromatic N) is 1. The van der Waals surface area contributed by atoms with Crippen molar-refractivity contribution >= 4 is 17.4 Å². The van der Waals surface area contributed by atoms with Crippen LogP contribution in [0.3, 0.4) is 0 Å². The number of anilines is 1. The molecule has 1 N–H and O–H groups in total. The van der Waals surface area contributed by atoms with Crippen LogP contribution in [-0.2, 0) is 6.42 Å². The Morgan fingerprint density at radius 3 is 2.38 bits per heavy atom. The van der Waals surface area contributed by atoms with Crippen LogP contribution >= 0.6 is 0 Å². The van der Waals surface area contributed by atoms with Crippen LogP contribution in [0.15, 0.2) is 53.5 Å². The number of nitrogens with one attached hydrogen (secondary N) is 1. The highest BCUT2D eigenvalue weighted by Crippen LogP contribution is 2.36. The number of pyridine rings is 1. The maximum Gasteiger partial charge on any atom is 0.268 e. The van der Waals surface area contributed by atoms with Crippen LogP contribution in [0.25, 0.3) is 5.69 Å². The number of methoxy groups -OCH3 is 2. The van der Waals surface area contributed by atoms with E-state index in [-0.39, 0.29) is 17.8 Å². The van der Waals surface area contributed by atoms with Gasteiger partial charge in [0.1, 0.15) is 22.9 Å². The molecule has 8 heteroatoms. The summed E-state index contributed by atoms with van der Waals surface area (Å²) in [5.41, 5.74) is 0.292. The fourth-order valence-electron chi connectivity index (χ4n) is 4.26. The van der Waals surface area contributed by atoms with E-state index in [4.69, 9.17) is 9.47 Å². The van der Waals surface area contributed by atoms with Gasteiger partial charge in [-0.3, -0.25) is 19.0 Å². The number of aromatic nitrogens is 1. The van der Waals surface area contributed by atoms with E-state index in [1.165, 1.54) is 49.2 Å². The van der Waals surface area contributed by atoms with Crippen molar-refractivity contribution in [1.29, 1.82) is 0 Å². The maximum absolute atomic E-state index is 13.6. The molecule has 1 heterocycles. The third-order valence-corrected chi connectivity index (χ3v) is 5.90. The van der Waals surface area contributed by atoms with Gasteiger partial charge in [-0.1, -0.05) is 13.8 Å². The van der Waals surface area contributed by atoms with Gasteiger partial charge < -0.3 is 14.8 Å². The first-order valence-electron chi connectivity index (χ1n) is 10.7. The molecule has 0 radical (unpaired) electrons. The van der Waals surface area contributed by atoms with Gasteiger partial charge >= 0.3 is 0 Å². The molecular formula is C26H25FN2O5. The minimum absolute atomic E-state index is 0.124. The lowest BCUT2D eigenvalue weighted by atomic mass is 9.73. The number of rotatable bonds is 5. The largest absolute Gasteiger partial charge is 0.497 e. The van der Waals surface area contributed by atoms with Gasteiger partial charge in [0.25, 0.3) is 11.5 Å². The molecule has 3 aromatic rings. The van der Waals surface area contributed by atoms with Crippen LogP contribution in [0.5, 0.6) is 11.5 Å². The van der Waals surface area contributed by atoms with Gasteiger partial charge in [-0.05, 0) is 53.8 Å². The lowest BCUT2D eigenvalue weighted by Crippen LogP contribution is -2.37. The number of carbonyl (C=O) groups excluding carboxylic acids is 2. The summed E-state index contributed by atoms with van der Waals surface area (Å²) in [5.74, 6) is -0.382. The standard InChI is InChI=1S/C26H25FN2O5/c1-26(2)12-18-19(21(30)13-26)14-29(16-7-5-15(27)6-8-16)25(32)23(18)24(31)28-20-10-9-17(33-3)11-22(20)34-4/h5-11,14H,12-13H2,1-4H3,(H,28,31). The van der Waals surface area contributed by atoms with E-state index < -0.39 is 22.7 Å². The lowest BCUT2D eigenvalue weighted by Gasteiger charge is -2.31. The molecule has 0 saturated heterocycles. The van der Waals surface area contributed by atoms with Gasteiger partial charge in [-0.25, -0.2) is 4.39 Å². The van der Waals surface area contributed by atoms with Crippen molar-refractivity contribution < 1.29 is 23.5 Å². The highest BCUT2D eigenvalue weighted by molar-refractivity contribution is 6.09. The SMILES string of the molecule is COc1ccc(NC(=O)c2c3c(cn(-c4ccc(F)cc4)c2=O)C(=O)CC(C)(C)C3)c(OC)c1. The van der Waals surface area contributed by atoms with Crippen LogP contribution in [0.1, 0.15) is 46.5 Å². The monoisotopic (exact) mass is 464 g/mol. The number of benzene rings is 2. The van der Waals surface area contributed by atoms with E-state index in [1.807, 2.05) is 13.8 Å². The molecule has 0 aliphatic heterocycles. The zero-order valence-electron chi connectivity index (χ0n) is 19.4. The summed E-state index contributed by atoms with van der Waals surface area (Å²) in [6.07, 6.45) is 2.12. The molecule has 34 heavy (non-hydrogen) atoms. The van der Waals surface area contributed by atoms with E-state index in [1.54, 1.807) is 18.2 Å². The molecule has 1 aromatic heterocycles. The molecule has 176 valence electrons. The second-order valence-electron chi connectivity index (χ2n) is 9.01. The third-order valence-electron chi connectivity index (χ3n) is 5.90. The Morgan fingerprint density at radius 2 is 1.74 bits per heavy atom. The van der Waals surface area contributed by atoms with Gasteiger partial charge in [-0.15, -0.1) is 0 Å². The van der Waals surface area contributed by atoms with Gasteiger partial charge in [0.15, 0.2) is 5.78 Å². The average molecular weight is 464 g/mol. The Bertz CT molecular complexity index is 1340. The molecule has 1 amide bonds. The Morgan fingerprint density at radius 1 is 1.03 bits per heavy atom. The van der Waals surface area contributed by atoms with Crippen molar-refractivity contribution in [1.82, 2.24) is 4.57 Å². The molecule has 0 spiro atoms. The fraction of sp³-hybridized carbons (Fsp3) is 0.269. The van der Waals surface area contributed by atoms with Crippen molar-refractivity contribution in [3.8, 4) is 17.2 Å². The van der Waals surface area contributed by atoms with Crippen molar-refractivity contribution in [3.05, 3.63) is 81.5 Å². The molecule has 0 unspecified atom stereocenters. The number of halogens is 1. The molecule has 0 fully saturated rings. The fourth-order valence-corrected chi connectivity index (χ4v) is 4.26. The molecular weight excluding hydrogens is 439 g/mol. The van der Waals surface area contributed by atoms with Crippen LogP contribution in [0, 0.1) is 11.2 Å². The normalized spacial score (nSPS) is 14.3. The first-order valence-corrected chi connectivity index (χ1v) is 10.7. The van der Waals surface area contributed by atoms with Crippen LogP contribution in [-0.4, -0.2) is 30.5 Å². The summed E-state index contributed by atoms with van der Waals surface area (Å²) in [4.78, 5) is 40.1. The van der Waals surface area contributed by atoms with Gasteiger partial charge in [-0.2, -0.15) is 0 Å². The highest BCUT2D eigenvalue weighted by Gasteiger charge is 2.36. The molecule has 2 aromatic carbocycles. The van der Waals surface area contributed by atoms with E-state index in [9.17, 15) is 18.8 Å². The van der Waals surface area contributed by atoms with Crippen LogP contribution in [0.2, 0.25) is 0 Å². The third kappa shape index (κ3) is 4.31. The second-order valence-corrected chi connectivity index (χ2v) is 9.01. The van der Waals surface area contributed by atoms with Crippen molar-refractivity contribution in [3.63, 3.8) is 0 Å². The molecule has 0 saturated carbocycles. The number of Topliss-reactive ketones (excluding diaryl/α,β-unsaturated/α-hetero) is 1. The summed E-state index contributed by atoms with van der Waals surface area (Å²) >= 11 is 0. The summed E-state index contributed by atoms with van der Waals surface area (Å²) < 4.78 is 25.2. The van der Waals surface area contributed by atoms with Crippen molar-refractivity contribution in [2.75, 3.05) is 19.5 Å². The molecule has 7 nitrogen and oxygen atoms in total. The van der Waals surface area contributed by atoms with E-state index in [0.717, 1.165) is 0 Å². The predicted molar refractivity (Wildman–Crippen MR) is 126 cm³/mol. The molecule has 1 aliphatic carbocycles. The molecule has 1 aliphatic rings. The summed E-state index contributed by atoms with van der Waals surface area (Å²) in [5, 5.41) is 2.75. The van der Waals surface area contributed by atoms with Crippen LogP contribution in [0.4, 0.5) is 10.1 Å². The minimum Gasteiger partial charge on any atom is -0.497 e. The maximum atomic E-state index is 13.6. The smallest absolute Gasteiger partial charge is 0.268 e. The number of fused-ring (bicyclic) bond motifs is 1. The van der Waals surface area contributed by atoms with Gasteiger partial charge in [0.2, 0.25) is 0 Å². The number of hydrogen-bond acceptors (Lipinski definition) is 5. The van der Waals surface area contributed by atoms with E-state index in [0.29, 0.717) is 40.4 Å². The number of hydrogen-bond donors (Lipinski definition) is 1. The zero-order chi connectivity index (χ0) is 24.6. The Balaban J connectivity index is 1.88. The molecule has 0 bridgehead atoms. The highest BCUT2D eigenvalue weighted by atomic mass is 19.1. The number of ether oxygens (including phenoxy) is 2. The van der Waals surface area contributed by atoms with Gasteiger partial charge in [0.05, 0.1) is 19.9 Å². The summed E-state index contributed by atoms with van der Waals surface area (Å²) in [6.45, 7) is 3.85. The molecule has 4 rings (SSSR count). The van der Waals surface area contributed by atoms with E-state index in [2.05, 4.69) is 5.32 Å². The topological polar surface area (TPSA) is 86.6 Å².